The van der Waals surface area contributed by atoms with Crippen LogP contribution in [0.1, 0.15) is 52.9 Å². The Bertz CT molecular complexity index is 1110. The maximum Gasteiger partial charge on any atom is 0.272 e. The molecule has 0 aliphatic carbocycles. The molecule has 0 radical (unpaired) electrons. The van der Waals surface area contributed by atoms with Crippen molar-refractivity contribution in [1.29, 1.82) is 0 Å². The van der Waals surface area contributed by atoms with Crippen molar-refractivity contribution in [3.63, 3.8) is 0 Å². The number of fused-ring (bicyclic) bond motifs is 2. The topological polar surface area (TPSA) is 78.1 Å². The standard InChI is InChI=1S/C22H23BrN4O2/c1-22(2,3)24-20(28)19-15-10-11-27(12-17(15)25-26-19)21(29)16-9-8-13-6-4-5-7-14(13)18(16)23/h4-9H,10-12H2,1-3H3,(H,24,28)(H,25,26). The number of aromatic amines is 1. The summed E-state index contributed by atoms with van der Waals surface area (Å²) in [6, 6.07) is 11.8. The Balaban J connectivity index is 1.57. The van der Waals surface area contributed by atoms with Gasteiger partial charge in [0.05, 0.1) is 17.8 Å². The third kappa shape index (κ3) is 3.79. The van der Waals surface area contributed by atoms with Crippen molar-refractivity contribution in [2.75, 3.05) is 6.54 Å². The second-order valence-electron chi connectivity index (χ2n) is 8.36. The lowest BCUT2D eigenvalue weighted by Crippen LogP contribution is -2.41. The van der Waals surface area contributed by atoms with E-state index in [1.54, 1.807) is 4.90 Å². The van der Waals surface area contributed by atoms with Gasteiger partial charge in [0, 0.05) is 22.1 Å². The van der Waals surface area contributed by atoms with Gasteiger partial charge in [0.25, 0.3) is 11.8 Å². The van der Waals surface area contributed by atoms with Crippen LogP contribution in [0.15, 0.2) is 40.9 Å². The van der Waals surface area contributed by atoms with Crippen LogP contribution in [0.3, 0.4) is 0 Å². The maximum atomic E-state index is 13.2. The number of benzene rings is 2. The number of hydrogen-bond acceptors (Lipinski definition) is 3. The van der Waals surface area contributed by atoms with E-state index in [-0.39, 0.29) is 17.4 Å². The molecule has 6 nitrogen and oxygen atoms in total. The highest BCUT2D eigenvalue weighted by atomic mass is 79.9. The number of amides is 2. The van der Waals surface area contributed by atoms with E-state index in [0.29, 0.717) is 30.8 Å². The minimum Gasteiger partial charge on any atom is -0.346 e. The molecule has 3 aromatic rings. The summed E-state index contributed by atoms with van der Waals surface area (Å²) in [5.41, 5.74) is 2.45. The number of halogens is 1. The van der Waals surface area contributed by atoms with E-state index in [2.05, 4.69) is 31.4 Å². The molecule has 29 heavy (non-hydrogen) atoms. The summed E-state index contributed by atoms with van der Waals surface area (Å²) in [5.74, 6) is -0.226. The average Bonchev–Trinajstić information content (AvgIpc) is 3.10. The number of carbonyl (C=O) groups is 2. The van der Waals surface area contributed by atoms with Crippen LogP contribution in [-0.2, 0) is 13.0 Å². The molecule has 0 saturated carbocycles. The van der Waals surface area contributed by atoms with Crippen LogP contribution in [0.25, 0.3) is 10.8 Å². The molecule has 2 amide bonds. The maximum absolute atomic E-state index is 13.2. The fourth-order valence-corrected chi connectivity index (χ4v) is 4.31. The van der Waals surface area contributed by atoms with E-state index in [0.717, 1.165) is 26.5 Å². The van der Waals surface area contributed by atoms with Crippen molar-refractivity contribution in [1.82, 2.24) is 20.4 Å². The zero-order valence-corrected chi connectivity index (χ0v) is 18.3. The summed E-state index contributed by atoms with van der Waals surface area (Å²) in [5, 5.41) is 12.2. The second kappa shape index (κ2) is 7.30. The van der Waals surface area contributed by atoms with Gasteiger partial charge in [-0.25, -0.2) is 0 Å². The minimum absolute atomic E-state index is 0.0384. The lowest BCUT2D eigenvalue weighted by molar-refractivity contribution is 0.0732. The second-order valence-corrected chi connectivity index (χ2v) is 9.15. The Morgan fingerprint density at radius 1 is 1.17 bits per heavy atom. The van der Waals surface area contributed by atoms with E-state index in [9.17, 15) is 9.59 Å². The number of rotatable bonds is 2. The Morgan fingerprint density at radius 3 is 2.69 bits per heavy atom. The fourth-order valence-electron chi connectivity index (χ4n) is 3.65. The lowest BCUT2D eigenvalue weighted by atomic mass is 10.0. The van der Waals surface area contributed by atoms with Gasteiger partial charge in [-0.1, -0.05) is 30.3 Å². The molecule has 7 heteroatoms. The molecule has 0 bridgehead atoms. The van der Waals surface area contributed by atoms with Gasteiger partial charge in [-0.2, -0.15) is 5.10 Å². The zero-order valence-electron chi connectivity index (χ0n) is 16.7. The first-order chi connectivity index (χ1) is 13.7. The molecule has 2 aromatic carbocycles. The molecule has 0 atom stereocenters. The van der Waals surface area contributed by atoms with Crippen LogP contribution in [-0.4, -0.2) is 39.0 Å². The highest BCUT2D eigenvalue weighted by Crippen LogP contribution is 2.30. The average molecular weight is 455 g/mol. The number of nitrogens with one attached hydrogen (secondary N) is 2. The summed E-state index contributed by atoms with van der Waals surface area (Å²) in [6.45, 7) is 6.76. The van der Waals surface area contributed by atoms with Crippen LogP contribution in [0.5, 0.6) is 0 Å². The number of aromatic nitrogens is 2. The predicted molar refractivity (Wildman–Crippen MR) is 116 cm³/mol. The Hall–Kier alpha value is -2.67. The molecule has 1 aliphatic rings. The summed E-state index contributed by atoms with van der Waals surface area (Å²) in [4.78, 5) is 27.5. The Kier molecular flexibility index (Phi) is 4.94. The van der Waals surface area contributed by atoms with Crippen LogP contribution < -0.4 is 5.32 Å². The largest absolute Gasteiger partial charge is 0.346 e. The molecule has 150 valence electrons. The molecule has 0 unspecified atom stereocenters. The van der Waals surface area contributed by atoms with Crippen molar-refractivity contribution in [3.05, 3.63) is 63.4 Å². The van der Waals surface area contributed by atoms with E-state index >= 15 is 0 Å². The van der Waals surface area contributed by atoms with Gasteiger partial charge in [-0.05, 0) is 60.0 Å². The molecule has 4 rings (SSSR count). The van der Waals surface area contributed by atoms with Crippen LogP contribution >= 0.6 is 15.9 Å². The number of nitrogens with zero attached hydrogens (tertiary/aromatic N) is 2. The van der Waals surface area contributed by atoms with Crippen molar-refractivity contribution in [3.8, 4) is 0 Å². The first kappa shape index (κ1) is 19.6. The van der Waals surface area contributed by atoms with Gasteiger partial charge in [0.15, 0.2) is 5.69 Å². The lowest BCUT2D eigenvalue weighted by Gasteiger charge is -2.27. The van der Waals surface area contributed by atoms with Crippen molar-refractivity contribution < 1.29 is 9.59 Å². The Labute approximate surface area is 177 Å². The molecule has 2 N–H and O–H groups in total. The molecule has 0 saturated heterocycles. The van der Waals surface area contributed by atoms with E-state index < -0.39 is 0 Å². The molecule has 0 spiro atoms. The van der Waals surface area contributed by atoms with Crippen molar-refractivity contribution >= 4 is 38.5 Å². The normalized spacial score (nSPS) is 14.0. The van der Waals surface area contributed by atoms with Gasteiger partial charge in [0.2, 0.25) is 0 Å². The van der Waals surface area contributed by atoms with Gasteiger partial charge < -0.3 is 10.2 Å². The smallest absolute Gasteiger partial charge is 0.272 e. The van der Waals surface area contributed by atoms with Gasteiger partial charge in [-0.15, -0.1) is 0 Å². The molecule has 0 fully saturated rings. The predicted octanol–water partition coefficient (Wildman–Crippen LogP) is 4.05. The minimum atomic E-state index is -0.331. The van der Waals surface area contributed by atoms with Crippen LogP contribution in [0, 0.1) is 0 Å². The molecule has 2 heterocycles. The van der Waals surface area contributed by atoms with Gasteiger partial charge in [-0.3, -0.25) is 14.7 Å². The van der Waals surface area contributed by atoms with Gasteiger partial charge in [0.1, 0.15) is 0 Å². The first-order valence-corrected chi connectivity index (χ1v) is 10.4. The summed E-state index contributed by atoms with van der Waals surface area (Å²) in [7, 11) is 0. The number of hydrogen-bond donors (Lipinski definition) is 2. The molecule has 1 aliphatic heterocycles. The summed E-state index contributed by atoms with van der Waals surface area (Å²) in [6.07, 6.45) is 0.593. The third-order valence-corrected chi connectivity index (χ3v) is 5.87. The molecular weight excluding hydrogens is 432 g/mol. The quantitative estimate of drug-likeness (QED) is 0.612. The summed E-state index contributed by atoms with van der Waals surface area (Å²) < 4.78 is 0.807. The highest BCUT2D eigenvalue weighted by Gasteiger charge is 2.29. The molecular formula is C22H23BrN4O2. The fraction of sp³-hybridized carbons (Fsp3) is 0.318. The van der Waals surface area contributed by atoms with E-state index in [1.165, 1.54) is 0 Å². The Morgan fingerprint density at radius 2 is 1.93 bits per heavy atom. The SMILES string of the molecule is CC(C)(C)NC(=O)c1n[nH]c2c1CCN(C(=O)c1ccc3ccccc3c1Br)C2. The van der Waals surface area contributed by atoms with Crippen LogP contribution in [0.2, 0.25) is 0 Å². The van der Waals surface area contributed by atoms with Crippen LogP contribution in [0.4, 0.5) is 0 Å². The summed E-state index contributed by atoms with van der Waals surface area (Å²) >= 11 is 3.61. The first-order valence-electron chi connectivity index (χ1n) is 9.60. The number of H-pyrrole nitrogens is 1. The van der Waals surface area contributed by atoms with E-state index in [1.807, 2.05) is 57.2 Å². The van der Waals surface area contributed by atoms with Gasteiger partial charge >= 0.3 is 0 Å². The zero-order chi connectivity index (χ0) is 20.8. The van der Waals surface area contributed by atoms with Crippen molar-refractivity contribution in [2.24, 2.45) is 0 Å². The number of carbonyl (C=O) groups excluding carboxylic acids is 2. The molecule has 1 aromatic heterocycles. The van der Waals surface area contributed by atoms with E-state index in [4.69, 9.17) is 0 Å². The monoisotopic (exact) mass is 454 g/mol. The third-order valence-electron chi connectivity index (χ3n) is 5.02. The highest BCUT2D eigenvalue weighted by molar-refractivity contribution is 9.10. The van der Waals surface area contributed by atoms with Crippen molar-refractivity contribution in [2.45, 2.75) is 39.3 Å².